The molecule has 0 aliphatic rings. The molecule has 0 atom stereocenters. The Morgan fingerprint density at radius 1 is 1.14 bits per heavy atom. The Kier molecular flexibility index (Phi) is 6.33. The molecule has 0 spiro atoms. The first-order valence-corrected chi connectivity index (χ1v) is 5.38. The van der Waals surface area contributed by atoms with Gasteiger partial charge in [-0.05, 0) is 27.7 Å². The minimum Gasteiger partial charge on any atom is -0.349 e. The third kappa shape index (κ3) is 8.48. The number of rotatable bonds is 7. The minimum absolute atomic E-state index is 0.197. The lowest BCUT2D eigenvalue weighted by atomic mass is 10.3. The van der Waals surface area contributed by atoms with Crippen LogP contribution in [0.3, 0.4) is 0 Å². The van der Waals surface area contributed by atoms with Gasteiger partial charge < -0.3 is 14.8 Å². The fourth-order valence-electron chi connectivity index (χ4n) is 1.25. The second-order valence-corrected chi connectivity index (χ2v) is 4.52. The molecule has 0 aromatic carbocycles. The normalized spacial score (nSPS) is 12.9. The van der Waals surface area contributed by atoms with E-state index in [9.17, 15) is 0 Å². The Morgan fingerprint density at radius 3 is 2.14 bits per heavy atom. The van der Waals surface area contributed by atoms with Crippen LogP contribution in [0.25, 0.3) is 0 Å². The summed E-state index contributed by atoms with van der Waals surface area (Å²) in [5.74, 6) is -0.479. The summed E-state index contributed by atoms with van der Waals surface area (Å²) in [7, 11) is 0. The predicted molar refractivity (Wildman–Crippen MR) is 59.4 cm³/mol. The Morgan fingerprint density at radius 2 is 1.71 bits per heavy atom. The van der Waals surface area contributed by atoms with Crippen LogP contribution >= 0.6 is 0 Å². The number of ether oxygens (including phenoxy) is 2. The molecule has 0 fully saturated rings. The Bertz CT molecular complexity index is 144. The molecule has 0 bridgehead atoms. The Labute approximate surface area is 88.2 Å². The zero-order chi connectivity index (χ0) is 11.2. The van der Waals surface area contributed by atoms with E-state index in [2.05, 4.69) is 19.2 Å². The van der Waals surface area contributed by atoms with Crippen LogP contribution in [0.1, 0.15) is 41.5 Å². The van der Waals surface area contributed by atoms with Crippen LogP contribution in [0.15, 0.2) is 0 Å². The Balaban J connectivity index is 3.55. The second kappa shape index (κ2) is 6.38. The van der Waals surface area contributed by atoms with Gasteiger partial charge in [0.25, 0.3) is 0 Å². The average molecular weight is 203 g/mol. The maximum Gasteiger partial charge on any atom is 0.163 e. The van der Waals surface area contributed by atoms with Crippen molar-refractivity contribution in [3.8, 4) is 0 Å². The minimum atomic E-state index is -0.479. The molecule has 3 nitrogen and oxygen atoms in total. The molecule has 0 saturated heterocycles. The van der Waals surface area contributed by atoms with Crippen LogP contribution in [0, 0.1) is 0 Å². The molecule has 0 saturated carbocycles. The molecule has 0 amide bonds. The van der Waals surface area contributed by atoms with Gasteiger partial charge in [-0.2, -0.15) is 0 Å². The van der Waals surface area contributed by atoms with Gasteiger partial charge in [-0.3, -0.25) is 0 Å². The van der Waals surface area contributed by atoms with Gasteiger partial charge in [0.05, 0.1) is 12.7 Å². The number of hydrogen-bond acceptors (Lipinski definition) is 3. The molecule has 0 heterocycles. The van der Waals surface area contributed by atoms with Gasteiger partial charge in [0.2, 0.25) is 0 Å². The van der Waals surface area contributed by atoms with E-state index in [1.807, 2.05) is 27.7 Å². The second-order valence-electron chi connectivity index (χ2n) is 4.52. The molecular formula is C11H25NO2. The Hall–Kier alpha value is -0.120. The molecule has 0 aromatic rings. The van der Waals surface area contributed by atoms with Gasteiger partial charge in [-0.15, -0.1) is 0 Å². The maximum absolute atomic E-state index is 5.61. The third-order valence-corrected chi connectivity index (χ3v) is 1.62. The summed E-state index contributed by atoms with van der Waals surface area (Å²) in [4.78, 5) is 0. The topological polar surface area (TPSA) is 30.5 Å². The highest BCUT2D eigenvalue weighted by Crippen LogP contribution is 2.13. The highest BCUT2D eigenvalue weighted by Gasteiger charge is 2.19. The summed E-state index contributed by atoms with van der Waals surface area (Å²) in [5.41, 5.74) is 0. The quantitative estimate of drug-likeness (QED) is 0.508. The number of hydrogen-bond donors (Lipinski definition) is 1. The average Bonchev–Trinajstić information content (AvgIpc) is 1.95. The molecule has 0 radical (unpaired) electrons. The van der Waals surface area contributed by atoms with Crippen LogP contribution in [0.2, 0.25) is 0 Å². The highest BCUT2D eigenvalue weighted by atomic mass is 16.7. The third-order valence-electron chi connectivity index (χ3n) is 1.62. The zero-order valence-corrected chi connectivity index (χ0v) is 10.4. The lowest BCUT2D eigenvalue weighted by Crippen LogP contribution is -2.35. The van der Waals surface area contributed by atoms with Gasteiger partial charge in [-0.1, -0.05) is 13.8 Å². The molecular weight excluding hydrogens is 178 g/mol. The van der Waals surface area contributed by atoms with Crippen molar-refractivity contribution in [2.45, 2.75) is 59.5 Å². The van der Waals surface area contributed by atoms with Crippen LogP contribution in [-0.2, 0) is 9.47 Å². The highest BCUT2D eigenvalue weighted by molar-refractivity contribution is 4.58. The lowest BCUT2D eigenvalue weighted by Gasteiger charge is -2.28. The van der Waals surface area contributed by atoms with Crippen molar-refractivity contribution in [2.24, 2.45) is 0 Å². The molecule has 1 N–H and O–H groups in total. The van der Waals surface area contributed by atoms with Crippen LogP contribution in [-0.4, -0.2) is 31.1 Å². The van der Waals surface area contributed by atoms with Crippen molar-refractivity contribution in [2.75, 3.05) is 13.2 Å². The van der Waals surface area contributed by atoms with Crippen molar-refractivity contribution >= 4 is 0 Å². The predicted octanol–water partition coefficient (Wildman–Crippen LogP) is 2.16. The molecule has 0 aliphatic carbocycles. The van der Waals surface area contributed by atoms with Gasteiger partial charge >= 0.3 is 0 Å². The first-order chi connectivity index (χ1) is 6.33. The van der Waals surface area contributed by atoms with Gasteiger partial charge in [0.1, 0.15) is 0 Å². The van der Waals surface area contributed by atoms with Gasteiger partial charge in [0.15, 0.2) is 5.79 Å². The van der Waals surface area contributed by atoms with Gasteiger partial charge in [0, 0.05) is 12.6 Å². The summed E-state index contributed by atoms with van der Waals surface area (Å²) >= 11 is 0. The van der Waals surface area contributed by atoms with E-state index in [1.165, 1.54) is 0 Å². The molecule has 86 valence electrons. The van der Waals surface area contributed by atoms with Crippen LogP contribution in [0.5, 0.6) is 0 Å². The van der Waals surface area contributed by atoms with E-state index in [0.717, 1.165) is 6.54 Å². The van der Waals surface area contributed by atoms with Crippen LogP contribution < -0.4 is 5.32 Å². The van der Waals surface area contributed by atoms with Crippen molar-refractivity contribution in [3.05, 3.63) is 0 Å². The van der Waals surface area contributed by atoms with E-state index < -0.39 is 5.79 Å². The summed E-state index contributed by atoms with van der Waals surface area (Å²) in [6, 6.07) is 0.507. The molecule has 14 heavy (non-hydrogen) atoms. The van der Waals surface area contributed by atoms with Crippen molar-refractivity contribution in [1.29, 1.82) is 0 Å². The fourth-order valence-corrected chi connectivity index (χ4v) is 1.25. The van der Waals surface area contributed by atoms with Crippen molar-refractivity contribution < 1.29 is 9.47 Å². The molecule has 3 heteroatoms. The van der Waals surface area contributed by atoms with Crippen molar-refractivity contribution in [1.82, 2.24) is 5.32 Å². The maximum atomic E-state index is 5.61. The summed E-state index contributed by atoms with van der Waals surface area (Å²) in [5, 5.41) is 3.29. The van der Waals surface area contributed by atoms with E-state index in [1.54, 1.807) is 0 Å². The smallest absolute Gasteiger partial charge is 0.163 e. The fraction of sp³-hybridized carbons (Fsp3) is 1.00. The summed E-state index contributed by atoms with van der Waals surface area (Å²) in [6.07, 6.45) is 0.197. The molecule has 0 unspecified atom stereocenters. The standard InChI is InChI=1S/C11H25NO2/c1-9(2)12-7-8-13-11(5,6)14-10(3)4/h9-10,12H,7-8H2,1-6H3. The monoisotopic (exact) mass is 203 g/mol. The first kappa shape index (κ1) is 13.9. The van der Waals surface area contributed by atoms with Crippen LogP contribution in [0.4, 0.5) is 0 Å². The van der Waals surface area contributed by atoms with E-state index in [0.29, 0.717) is 12.6 Å². The molecule has 0 aromatic heterocycles. The SMILES string of the molecule is CC(C)NCCOC(C)(C)OC(C)C. The van der Waals surface area contributed by atoms with Crippen molar-refractivity contribution in [3.63, 3.8) is 0 Å². The van der Waals surface area contributed by atoms with E-state index >= 15 is 0 Å². The first-order valence-electron chi connectivity index (χ1n) is 5.38. The van der Waals surface area contributed by atoms with E-state index in [-0.39, 0.29) is 6.10 Å². The lowest BCUT2D eigenvalue weighted by molar-refractivity contribution is -0.229. The van der Waals surface area contributed by atoms with E-state index in [4.69, 9.17) is 9.47 Å². The zero-order valence-electron chi connectivity index (χ0n) is 10.4. The summed E-state index contributed by atoms with van der Waals surface area (Å²) < 4.78 is 11.2. The number of nitrogens with one attached hydrogen (secondary N) is 1. The largest absolute Gasteiger partial charge is 0.349 e. The molecule has 0 rings (SSSR count). The summed E-state index contributed by atoms with van der Waals surface area (Å²) in [6.45, 7) is 13.7. The molecule has 0 aliphatic heterocycles. The van der Waals surface area contributed by atoms with Gasteiger partial charge in [-0.25, -0.2) is 0 Å².